The Kier molecular flexibility index (Phi) is 6.71. The fraction of sp³-hybridized carbons (Fsp3) is 0.400. The molecule has 116 valence electrons. The van der Waals surface area contributed by atoms with Gasteiger partial charge in [0, 0.05) is 13.2 Å². The summed E-state index contributed by atoms with van der Waals surface area (Å²) in [5.41, 5.74) is 0.502. The molecule has 0 spiro atoms. The zero-order chi connectivity index (χ0) is 15.8. The van der Waals surface area contributed by atoms with E-state index >= 15 is 0 Å². The van der Waals surface area contributed by atoms with Gasteiger partial charge in [-0.05, 0) is 30.5 Å². The van der Waals surface area contributed by atoms with Crippen LogP contribution in [-0.2, 0) is 9.53 Å². The molecule has 6 nitrogen and oxygen atoms in total. The summed E-state index contributed by atoms with van der Waals surface area (Å²) in [6, 6.07) is 4.62. The molecule has 0 aliphatic carbocycles. The van der Waals surface area contributed by atoms with Gasteiger partial charge in [0.25, 0.3) is 0 Å². The molecule has 6 heteroatoms. The molecular weight excluding hydrogens is 276 g/mol. The molecule has 1 rings (SSSR count). The van der Waals surface area contributed by atoms with Gasteiger partial charge in [-0.3, -0.25) is 0 Å². The monoisotopic (exact) mass is 296 g/mol. The van der Waals surface area contributed by atoms with Crippen LogP contribution in [0.1, 0.15) is 24.5 Å². The minimum absolute atomic E-state index is 0.0605. The van der Waals surface area contributed by atoms with Crippen LogP contribution < -0.4 is 4.74 Å². The first-order valence-corrected chi connectivity index (χ1v) is 6.46. The molecule has 1 aromatic rings. The minimum atomic E-state index is -1.01. The average Bonchev–Trinajstić information content (AvgIpc) is 2.46. The van der Waals surface area contributed by atoms with E-state index in [1.165, 1.54) is 26.4 Å². The number of aliphatic carboxylic acids is 1. The van der Waals surface area contributed by atoms with E-state index in [0.29, 0.717) is 24.2 Å². The molecule has 1 aromatic carbocycles. The van der Waals surface area contributed by atoms with Crippen LogP contribution in [0, 0.1) is 0 Å². The fourth-order valence-corrected chi connectivity index (χ4v) is 1.95. The summed E-state index contributed by atoms with van der Waals surface area (Å²) in [6.45, 7) is 0. The minimum Gasteiger partial charge on any atom is -0.504 e. The number of carbonyl (C=O) groups is 1. The number of methoxy groups -OCH3 is 2. The summed E-state index contributed by atoms with van der Waals surface area (Å²) < 4.78 is 10.2. The van der Waals surface area contributed by atoms with E-state index in [4.69, 9.17) is 14.6 Å². The predicted molar refractivity (Wildman–Crippen MR) is 76.4 cm³/mol. The fourth-order valence-electron chi connectivity index (χ4n) is 1.95. The van der Waals surface area contributed by atoms with Crippen molar-refractivity contribution in [1.82, 2.24) is 0 Å². The van der Waals surface area contributed by atoms with Crippen molar-refractivity contribution in [2.24, 2.45) is 0 Å². The third-order valence-electron chi connectivity index (χ3n) is 3.08. The molecule has 0 radical (unpaired) electrons. The molecule has 0 aliphatic rings. The highest BCUT2D eigenvalue weighted by Crippen LogP contribution is 2.31. The van der Waals surface area contributed by atoms with Crippen LogP contribution in [0.3, 0.4) is 0 Å². The molecule has 0 aliphatic heterocycles. The Hall–Kier alpha value is -2.05. The van der Waals surface area contributed by atoms with Crippen LogP contribution in [0.15, 0.2) is 30.4 Å². The number of aliphatic hydroxyl groups is 1. The van der Waals surface area contributed by atoms with Gasteiger partial charge in [-0.1, -0.05) is 12.1 Å². The largest absolute Gasteiger partial charge is 0.504 e. The average molecular weight is 296 g/mol. The quantitative estimate of drug-likeness (QED) is 0.634. The third kappa shape index (κ3) is 5.09. The lowest BCUT2D eigenvalue weighted by Gasteiger charge is -2.22. The summed E-state index contributed by atoms with van der Waals surface area (Å²) in [6.07, 6.45) is 2.05. The van der Waals surface area contributed by atoms with Gasteiger partial charge in [0.2, 0.25) is 0 Å². The summed E-state index contributed by atoms with van der Waals surface area (Å²) in [5.74, 6) is -0.747. The predicted octanol–water partition coefficient (Wildman–Crippen LogP) is 1.87. The second-order valence-corrected chi connectivity index (χ2v) is 4.47. The van der Waals surface area contributed by atoms with Crippen LogP contribution >= 0.6 is 0 Å². The number of hydrogen-bond acceptors (Lipinski definition) is 5. The zero-order valence-corrected chi connectivity index (χ0v) is 12.0. The van der Waals surface area contributed by atoms with Crippen molar-refractivity contribution >= 4 is 5.97 Å². The van der Waals surface area contributed by atoms with Crippen molar-refractivity contribution in [3.63, 3.8) is 0 Å². The Bertz CT molecular complexity index is 497. The van der Waals surface area contributed by atoms with Crippen molar-refractivity contribution in [1.29, 1.82) is 0 Å². The van der Waals surface area contributed by atoms with Gasteiger partial charge in [0.15, 0.2) is 11.5 Å². The van der Waals surface area contributed by atoms with Crippen molar-refractivity contribution in [3.05, 3.63) is 35.9 Å². The highest BCUT2D eigenvalue weighted by Gasteiger charge is 2.21. The second-order valence-electron chi connectivity index (χ2n) is 4.47. The number of phenols is 1. The van der Waals surface area contributed by atoms with E-state index in [2.05, 4.69) is 0 Å². The van der Waals surface area contributed by atoms with Gasteiger partial charge in [-0.15, -0.1) is 0 Å². The van der Waals surface area contributed by atoms with Crippen molar-refractivity contribution in [2.45, 2.75) is 25.0 Å². The molecule has 2 atom stereocenters. The SMILES string of the molecule is COc1ccc([C@H](O)[C@H](CC/C=C/C(=O)O)OC)cc1O. The molecule has 0 bridgehead atoms. The van der Waals surface area contributed by atoms with Crippen molar-refractivity contribution in [3.8, 4) is 11.5 Å². The summed E-state index contributed by atoms with van der Waals surface area (Å²) >= 11 is 0. The Balaban J connectivity index is 2.71. The molecule has 0 heterocycles. The van der Waals surface area contributed by atoms with Gasteiger partial charge in [-0.25, -0.2) is 4.79 Å². The number of allylic oxidation sites excluding steroid dienone is 1. The molecular formula is C15H20O6. The third-order valence-corrected chi connectivity index (χ3v) is 3.08. The lowest BCUT2D eigenvalue weighted by atomic mass is 10.00. The molecule has 21 heavy (non-hydrogen) atoms. The van der Waals surface area contributed by atoms with E-state index < -0.39 is 18.2 Å². The Labute approximate surface area is 123 Å². The number of carboxylic acids is 1. The Morgan fingerprint density at radius 2 is 2.10 bits per heavy atom. The molecule has 0 saturated heterocycles. The first-order chi connectivity index (χ1) is 9.99. The van der Waals surface area contributed by atoms with E-state index in [-0.39, 0.29) is 5.75 Å². The van der Waals surface area contributed by atoms with E-state index in [0.717, 1.165) is 6.08 Å². The van der Waals surface area contributed by atoms with Gasteiger partial charge in [0.1, 0.15) is 6.10 Å². The van der Waals surface area contributed by atoms with Gasteiger partial charge in [0.05, 0.1) is 13.2 Å². The van der Waals surface area contributed by atoms with Gasteiger partial charge >= 0.3 is 5.97 Å². The number of hydrogen-bond donors (Lipinski definition) is 3. The van der Waals surface area contributed by atoms with Gasteiger partial charge < -0.3 is 24.8 Å². The lowest BCUT2D eigenvalue weighted by Crippen LogP contribution is -2.20. The first kappa shape index (κ1) is 17.0. The number of rotatable bonds is 8. The van der Waals surface area contributed by atoms with Crippen LogP contribution in [0.4, 0.5) is 0 Å². The van der Waals surface area contributed by atoms with E-state index in [1.807, 2.05) is 0 Å². The van der Waals surface area contributed by atoms with Gasteiger partial charge in [-0.2, -0.15) is 0 Å². The van der Waals surface area contributed by atoms with Crippen molar-refractivity contribution < 1.29 is 29.6 Å². The normalized spacial score (nSPS) is 14.0. The van der Waals surface area contributed by atoms with E-state index in [1.54, 1.807) is 12.1 Å². The molecule has 0 unspecified atom stereocenters. The van der Waals surface area contributed by atoms with Crippen LogP contribution in [0.5, 0.6) is 11.5 Å². The van der Waals surface area contributed by atoms with Crippen LogP contribution in [0.25, 0.3) is 0 Å². The number of ether oxygens (including phenoxy) is 2. The summed E-state index contributed by atoms with van der Waals surface area (Å²) in [7, 11) is 2.91. The summed E-state index contributed by atoms with van der Waals surface area (Å²) in [5, 5.41) is 28.5. The number of aromatic hydroxyl groups is 1. The first-order valence-electron chi connectivity index (χ1n) is 6.46. The molecule has 3 N–H and O–H groups in total. The van der Waals surface area contributed by atoms with Crippen molar-refractivity contribution in [2.75, 3.05) is 14.2 Å². The highest BCUT2D eigenvalue weighted by atomic mass is 16.5. The Morgan fingerprint density at radius 1 is 1.38 bits per heavy atom. The number of benzene rings is 1. The van der Waals surface area contributed by atoms with Crippen LogP contribution in [0.2, 0.25) is 0 Å². The molecule has 0 fully saturated rings. The Morgan fingerprint density at radius 3 is 2.62 bits per heavy atom. The summed E-state index contributed by atoms with van der Waals surface area (Å²) in [4.78, 5) is 10.4. The maximum Gasteiger partial charge on any atom is 0.327 e. The number of carboxylic acid groups (broad SMARTS) is 1. The molecule has 0 aromatic heterocycles. The molecule has 0 saturated carbocycles. The standard InChI is InChI=1S/C15H20O6/c1-20-12-8-7-10(9-11(12)16)15(19)13(21-2)5-3-4-6-14(17)18/h4,6-9,13,15-16,19H,3,5H2,1-2H3,(H,17,18)/b6-4+/t13-,15-/m0/s1. The number of aliphatic hydroxyl groups excluding tert-OH is 1. The second kappa shape index (κ2) is 8.28. The zero-order valence-electron chi connectivity index (χ0n) is 12.0. The maximum atomic E-state index is 10.4. The molecule has 0 amide bonds. The van der Waals surface area contributed by atoms with E-state index in [9.17, 15) is 15.0 Å². The highest BCUT2D eigenvalue weighted by molar-refractivity contribution is 5.79. The maximum absolute atomic E-state index is 10.4. The van der Waals surface area contributed by atoms with Crippen LogP contribution in [-0.4, -0.2) is 41.6 Å². The lowest BCUT2D eigenvalue weighted by molar-refractivity contribution is -0.131. The topological polar surface area (TPSA) is 96.2 Å². The number of phenolic OH excluding ortho intramolecular Hbond substituents is 1. The smallest absolute Gasteiger partial charge is 0.327 e.